The lowest BCUT2D eigenvalue weighted by atomic mass is 10.1. The second kappa shape index (κ2) is 8.64. The van der Waals surface area contributed by atoms with Gasteiger partial charge in [0.25, 0.3) is 0 Å². The van der Waals surface area contributed by atoms with Gasteiger partial charge in [0.15, 0.2) is 0 Å². The van der Waals surface area contributed by atoms with Gasteiger partial charge in [-0.1, -0.05) is 58.4 Å². The molecule has 1 aromatic heterocycles. The minimum Gasteiger partial charge on any atom is -0.443 e. The Kier molecular flexibility index (Phi) is 6.04. The number of rotatable bonds is 4. The summed E-state index contributed by atoms with van der Waals surface area (Å²) in [5, 5.41) is 1.79. The lowest BCUT2D eigenvalue weighted by Crippen LogP contribution is -2.27. The van der Waals surface area contributed by atoms with E-state index in [4.69, 9.17) is 9.57 Å². The summed E-state index contributed by atoms with van der Waals surface area (Å²) in [5.74, 6) is -0.652. The zero-order valence-corrected chi connectivity index (χ0v) is 15.9. The fourth-order valence-corrected chi connectivity index (χ4v) is 3.35. The van der Waals surface area contributed by atoms with E-state index in [1.807, 2.05) is 60.1 Å². The fourth-order valence-electron chi connectivity index (χ4n) is 2.19. The molecular formula is C19H14BrNO4S. The minimum absolute atomic E-state index is 0.0901. The molecule has 0 spiro atoms. The Hall–Kier alpha value is -2.64. The molecule has 0 aliphatic rings. The highest BCUT2D eigenvalue weighted by Gasteiger charge is 2.17. The smallest absolute Gasteiger partial charge is 0.441 e. The van der Waals surface area contributed by atoms with Crippen molar-refractivity contribution in [1.29, 1.82) is 0 Å². The molecule has 3 aromatic rings. The first-order valence-corrected chi connectivity index (χ1v) is 9.32. The predicted octanol–water partition coefficient (Wildman–Crippen LogP) is 5.18. The molecule has 1 amide bonds. The molecule has 0 unspecified atom stereocenters. The standard InChI is InChI=1S/C19H14BrNO4S/c20-15-8-6-14(7-9-15)17-16(10-11-26-17)18(22)25-21-19(23)24-12-13-4-2-1-3-5-13/h1-11H,12H2,(H,21,23). The number of hydrogen-bond acceptors (Lipinski definition) is 5. The minimum atomic E-state index is -0.831. The van der Waals surface area contributed by atoms with E-state index in [0.29, 0.717) is 5.56 Å². The van der Waals surface area contributed by atoms with Crippen molar-refractivity contribution in [2.24, 2.45) is 0 Å². The Balaban J connectivity index is 1.56. The summed E-state index contributed by atoms with van der Waals surface area (Å²) in [6, 6.07) is 18.4. The van der Waals surface area contributed by atoms with Crippen molar-refractivity contribution in [2.75, 3.05) is 0 Å². The van der Waals surface area contributed by atoms with Gasteiger partial charge in [0.1, 0.15) is 6.61 Å². The van der Waals surface area contributed by atoms with Gasteiger partial charge in [-0.05, 0) is 34.7 Å². The van der Waals surface area contributed by atoms with Crippen molar-refractivity contribution in [3.63, 3.8) is 0 Å². The van der Waals surface area contributed by atoms with Crippen LogP contribution in [0.15, 0.2) is 70.5 Å². The number of halogens is 1. The summed E-state index contributed by atoms with van der Waals surface area (Å²) in [6.45, 7) is 0.0901. The second-order valence-corrected chi connectivity index (χ2v) is 7.06. The predicted molar refractivity (Wildman–Crippen MR) is 103 cm³/mol. The van der Waals surface area contributed by atoms with Crippen LogP contribution in [-0.4, -0.2) is 12.1 Å². The van der Waals surface area contributed by atoms with Gasteiger partial charge in [-0.2, -0.15) is 0 Å². The van der Waals surface area contributed by atoms with Gasteiger partial charge in [-0.25, -0.2) is 9.59 Å². The Morgan fingerprint density at radius 2 is 1.73 bits per heavy atom. The number of ether oxygens (including phenoxy) is 1. The normalized spacial score (nSPS) is 10.2. The molecule has 0 saturated heterocycles. The molecule has 26 heavy (non-hydrogen) atoms. The third kappa shape index (κ3) is 4.71. The zero-order chi connectivity index (χ0) is 18.4. The Morgan fingerprint density at radius 3 is 2.46 bits per heavy atom. The average Bonchev–Trinajstić information content (AvgIpc) is 3.16. The molecule has 7 heteroatoms. The largest absolute Gasteiger partial charge is 0.443 e. The Labute approximate surface area is 162 Å². The lowest BCUT2D eigenvalue weighted by molar-refractivity contribution is 0.0198. The van der Waals surface area contributed by atoms with E-state index in [1.165, 1.54) is 11.3 Å². The van der Waals surface area contributed by atoms with Crippen LogP contribution in [0.25, 0.3) is 10.4 Å². The quantitative estimate of drug-likeness (QED) is 0.578. The first-order chi connectivity index (χ1) is 12.6. The van der Waals surface area contributed by atoms with Crippen molar-refractivity contribution >= 4 is 39.3 Å². The number of thiophene rings is 1. The van der Waals surface area contributed by atoms with Gasteiger partial charge < -0.3 is 9.57 Å². The van der Waals surface area contributed by atoms with E-state index in [9.17, 15) is 9.59 Å². The molecular weight excluding hydrogens is 418 g/mol. The second-order valence-electron chi connectivity index (χ2n) is 5.22. The van der Waals surface area contributed by atoms with E-state index in [-0.39, 0.29) is 6.61 Å². The van der Waals surface area contributed by atoms with Crippen LogP contribution in [0.3, 0.4) is 0 Å². The zero-order valence-electron chi connectivity index (χ0n) is 13.5. The van der Waals surface area contributed by atoms with Crippen LogP contribution in [0.1, 0.15) is 15.9 Å². The van der Waals surface area contributed by atoms with Crippen LogP contribution in [-0.2, 0) is 16.2 Å². The van der Waals surface area contributed by atoms with Crippen LogP contribution in [0.5, 0.6) is 0 Å². The van der Waals surface area contributed by atoms with Gasteiger partial charge in [0.05, 0.1) is 5.56 Å². The molecule has 0 fully saturated rings. The molecule has 1 heterocycles. The summed E-state index contributed by atoms with van der Waals surface area (Å²) in [5.41, 5.74) is 4.12. The molecule has 132 valence electrons. The molecule has 1 N–H and O–H groups in total. The number of nitrogens with one attached hydrogen (secondary N) is 1. The monoisotopic (exact) mass is 431 g/mol. The van der Waals surface area contributed by atoms with Crippen molar-refractivity contribution in [3.8, 4) is 10.4 Å². The van der Waals surface area contributed by atoms with Gasteiger partial charge in [-0.3, -0.25) is 0 Å². The van der Waals surface area contributed by atoms with E-state index in [2.05, 4.69) is 15.9 Å². The first kappa shape index (κ1) is 18.2. The van der Waals surface area contributed by atoms with Crippen LogP contribution in [0, 0.1) is 0 Å². The van der Waals surface area contributed by atoms with E-state index in [0.717, 1.165) is 20.5 Å². The van der Waals surface area contributed by atoms with Crippen LogP contribution in [0.4, 0.5) is 4.79 Å². The van der Waals surface area contributed by atoms with Crippen LogP contribution < -0.4 is 5.48 Å². The van der Waals surface area contributed by atoms with Crippen LogP contribution in [0.2, 0.25) is 0 Å². The lowest BCUT2D eigenvalue weighted by Gasteiger charge is -2.08. The molecule has 0 saturated carbocycles. The highest BCUT2D eigenvalue weighted by atomic mass is 79.9. The number of carbonyl (C=O) groups excluding carboxylic acids is 2. The Bertz CT molecular complexity index is 893. The maximum Gasteiger partial charge on any atom is 0.441 e. The molecule has 0 aliphatic carbocycles. The highest BCUT2D eigenvalue weighted by Crippen LogP contribution is 2.30. The molecule has 0 radical (unpaired) electrons. The number of amides is 1. The number of carbonyl (C=O) groups is 2. The molecule has 2 aromatic carbocycles. The summed E-state index contributed by atoms with van der Waals surface area (Å²) in [4.78, 5) is 29.5. The number of hydroxylamine groups is 1. The summed E-state index contributed by atoms with van der Waals surface area (Å²) in [6.07, 6.45) is -0.831. The van der Waals surface area contributed by atoms with Gasteiger partial charge in [0.2, 0.25) is 0 Å². The topological polar surface area (TPSA) is 64.6 Å². The van der Waals surface area contributed by atoms with Crippen molar-refractivity contribution in [3.05, 3.63) is 81.6 Å². The van der Waals surface area contributed by atoms with E-state index in [1.54, 1.807) is 11.4 Å². The third-order valence-corrected chi connectivity index (χ3v) is 4.92. The number of hydrogen-bond donors (Lipinski definition) is 1. The van der Waals surface area contributed by atoms with Gasteiger partial charge >= 0.3 is 12.1 Å². The summed E-state index contributed by atoms with van der Waals surface area (Å²) >= 11 is 4.80. The number of benzene rings is 2. The maximum atomic E-state index is 12.3. The Morgan fingerprint density at radius 1 is 1.00 bits per heavy atom. The van der Waals surface area contributed by atoms with Crippen molar-refractivity contribution in [2.45, 2.75) is 6.61 Å². The summed E-state index contributed by atoms with van der Waals surface area (Å²) in [7, 11) is 0. The van der Waals surface area contributed by atoms with Crippen molar-refractivity contribution in [1.82, 2.24) is 5.48 Å². The molecule has 0 aliphatic heterocycles. The molecule has 3 rings (SSSR count). The molecule has 0 bridgehead atoms. The summed E-state index contributed by atoms with van der Waals surface area (Å²) < 4.78 is 5.94. The van der Waals surface area contributed by atoms with Gasteiger partial charge in [-0.15, -0.1) is 16.8 Å². The average molecular weight is 432 g/mol. The third-order valence-electron chi connectivity index (χ3n) is 3.43. The molecule has 0 atom stereocenters. The fraction of sp³-hybridized carbons (Fsp3) is 0.0526. The van der Waals surface area contributed by atoms with E-state index >= 15 is 0 Å². The van der Waals surface area contributed by atoms with Crippen LogP contribution >= 0.6 is 27.3 Å². The highest BCUT2D eigenvalue weighted by molar-refractivity contribution is 9.10. The van der Waals surface area contributed by atoms with Gasteiger partial charge in [0, 0.05) is 9.35 Å². The molecule has 5 nitrogen and oxygen atoms in total. The SMILES string of the molecule is O=C(NOC(=O)c1ccsc1-c1ccc(Br)cc1)OCc1ccccc1. The first-order valence-electron chi connectivity index (χ1n) is 7.65. The van der Waals surface area contributed by atoms with E-state index < -0.39 is 12.1 Å². The maximum absolute atomic E-state index is 12.3. The van der Waals surface area contributed by atoms with Crippen molar-refractivity contribution < 1.29 is 19.2 Å².